The van der Waals surface area contributed by atoms with Crippen LogP contribution in [0.25, 0.3) is 0 Å². The molecule has 0 aliphatic rings. The van der Waals surface area contributed by atoms with Crippen molar-refractivity contribution in [1.82, 2.24) is 0 Å². The molecular formula is C11H10O4S. The molecule has 0 atom stereocenters. The fourth-order valence-corrected chi connectivity index (χ4v) is 1.10. The number of carboxylic acid groups (broad SMARTS) is 1. The van der Waals surface area contributed by atoms with E-state index in [1.165, 1.54) is 0 Å². The number of hydrogen-bond acceptors (Lipinski definition) is 4. The Labute approximate surface area is 98.0 Å². The molecule has 1 aromatic rings. The Bertz CT molecular complexity index is 422. The first-order valence-corrected chi connectivity index (χ1v) is 4.84. The minimum absolute atomic E-state index is 0.0950. The van der Waals surface area contributed by atoms with E-state index in [9.17, 15) is 9.59 Å². The van der Waals surface area contributed by atoms with Gasteiger partial charge < -0.3 is 9.84 Å². The van der Waals surface area contributed by atoms with Crippen molar-refractivity contribution >= 4 is 24.6 Å². The average molecular weight is 238 g/mol. The number of rotatable bonds is 4. The molecule has 0 aliphatic carbocycles. The van der Waals surface area contributed by atoms with E-state index < -0.39 is 18.4 Å². The molecule has 1 N–H and O–H groups in total. The van der Waals surface area contributed by atoms with Crippen LogP contribution in [0.5, 0.6) is 5.75 Å². The van der Waals surface area contributed by atoms with E-state index >= 15 is 0 Å². The van der Waals surface area contributed by atoms with Crippen LogP contribution in [-0.4, -0.2) is 17.0 Å². The Kier molecular flexibility index (Phi) is 4.13. The molecule has 0 amide bonds. The molecule has 0 aliphatic heterocycles. The van der Waals surface area contributed by atoms with Crippen LogP contribution in [0.2, 0.25) is 0 Å². The molecule has 0 saturated carbocycles. The topological polar surface area (TPSA) is 63.6 Å². The smallest absolute Gasteiger partial charge is 0.339 e. The van der Waals surface area contributed by atoms with Crippen LogP contribution >= 0.6 is 12.6 Å². The minimum atomic E-state index is -1.12. The Morgan fingerprint density at radius 3 is 2.38 bits per heavy atom. The van der Waals surface area contributed by atoms with Crippen LogP contribution in [0.15, 0.2) is 41.3 Å². The van der Waals surface area contributed by atoms with Crippen molar-refractivity contribution in [1.29, 1.82) is 0 Å². The van der Waals surface area contributed by atoms with Crippen molar-refractivity contribution in [3.8, 4) is 5.75 Å². The number of hydrogen-bond donors (Lipinski definition) is 2. The number of aliphatic carboxylic acids is 1. The highest BCUT2D eigenvalue weighted by Gasteiger charge is 2.12. The summed E-state index contributed by atoms with van der Waals surface area (Å²) in [6.07, 6.45) is -0.427. The van der Waals surface area contributed by atoms with Gasteiger partial charge in [0.15, 0.2) is 0 Å². The van der Waals surface area contributed by atoms with E-state index in [4.69, 9.17) is 9.84 Å². The van der Waals surface area contributed by atoms with Crippen LogP contribution in [0.3, 0.4) is 0 Å². The van der Waals surface area contributed by atoms with Crippen molar-refractivity contribution in [3.05, 3.63) is 36.4 Å². The summed E-state index contributed by atoms with van der Waals surface area (Å²) in [4.78, 5) is 22.4. The predicted octanol–water partition coefficient (Wildman–Crippen LogP) is 1.91. The molecular weight excluding hydrogens is 228 g/mol. The summed E-state index contributed by atoms with van der Waals surface area (Å²) in [6, 6.07) is 6.44. The number of ether oxygens (including phenoxy) is 1. The molecule has 0 fully saturated rings. The maximum atomic E-state index is 11.3. The van der Waals surface area contributed by atoms with Gasteiger partial charge in [0.25, 0.3) is 0 Å². The number of thiol groups is 1. The molecule has 84 valence electrons. The third-order valence-corrected chi connectivity index (χ3v) is 2.00. The maximum Gasteiger partial charge on any atom is 0.339 e. The van der Waals surface area contributed by atoms with E-state index in [0.29, 0.717) is 5.75 Å². The van der Waals surface area contributed by atoms with Crippen molar-refractivity contribution in [2.75, 3.05) is 0 Å². The van der Waals surface area contributed by atoms with Gasteiger partial charge in [-0.3, -0.25) is 4.79 Å². The zero-order valence-corrected chi connectivity index (χ0v) is 9.24. The molecule has 0 saturated heterocycles. The van der Waals surface area contributed by atoms with Gasteiger partial charge in [0.05, 0.1) is 6.42 Å². The number of carboxylic acids is 1. The molecule has 0 aromatic heterocycles. The third kappa shape index (κ3) is 3.78. The number of carbonyl (C=O) groups is 2. The molecule has 0 radical (unpaired) electrons. The summed E-state index contributed by atoms with van der Waals surface area (Å²) in [5, 5.41) is 8.46. The summed E-state index contributed by atoms with van der Waals surface area (Å²) in [5.41, 5.74) is -0.0950. The van der Waals surface area contributed by atoms with Gasteiger partial charge in [0.1, 0.15) is 5.75 Å². The molecule has 1 aromatic carbocycles. The van der Waals surface area contributed by atoms with Gasteiger partial charge in [-0.05, 0) is 24.3 Å². The predicted molar refractivity (Wildman–Crippen MR) is 60.7 cm³/mol. The van der Waals surface area contributed by atoms with Gasteiger partial charge >= 0.3 is 11.9 Å². The van der Waals surface area contributed by atoms with Crippen molar-refractivity contribution in [2.24, 2.45) is 0 Å². The van der Waals surface area contributed by atoms with E-state index in [-0.39, 0.29) is 5.57 Å². The lowest BCUT2D eigenvalue weighted by Crippen LogP contribution is -2.13. The Morgan fingerprint density at radius 2 is 1.88 bits per heavy atom. The lowest BCUT2D eigenvalue weighted by atomic mass is 10.2. The van der Waals surface area contributed by atoms with Crippen molar-refractivity contribution in [2.45, 2.75) is 11.3 Å². The molecule has 4 nitrogen and oxygen atoms in total. The fourth-order valence-electron chi connectivity index (χ4n) is 0.948. The first kappa shape index (κ1) is 12.3. The van der Waals surface area contributed by atoms with Gasteiger partial charge in [-0.25, -0.2) is 4.79 Å². The second-order valence-electron chi connectivity index (χ2n) is 3.06. The van der Waals surface area contributed by atoms with Crippen LogP contribution in [0.4, 0.5) is 0 Å². The highest BCUT2D eigenvalue weighted by atomic mass is 32.1. The van der Waals surface area contributed by atoms with Gasteiger partial charge in [0.2, 0.25) is 0 Å². The second kappa shape index (κ2) is 5.37. The van der Waals surface area contributed by atoms with Crippen LogP contribution in [0, 0.1) is 0 Å². The van der Waals surface area contributed by atoms with Gasteiger partial charge in [-0.15, -0.1) is 12.6 Å². The fraction of sp³-hybridized carbons (Fsp3) is 0.0909. The summed E-state index contributed by atoms with van der Waals surface area (Å²) < 4.78 is 4.90. The van der Waals surface area contributed by atoms with Crippen LogP contribution in [-0.2, 0) is 9.59 Å². The highest BCUT2D eigenvalue weighted by molar-refractivity contribution is 7.80. The monoisotopic (exact) mass is 238 g/mol. The number of benzene rings is 1. The zero-order chi connectivity index (χ0) is 12.1. The molecule has 5 heteroatoms. The quantitative estimate of drug-likeness (QED) is 0.364. The summed E-state index contributed by atoms with van der Waals surface area (Å²) in [5.74, 6) is -1.53. The normalized spacial score (nSPS) is 9.56. The lowest BCUT2D eigenvalue weighted by molar-refractivity contribution is -0.138. The molecule has 0 spiro atoms. The van der Waals surface area contributed by atoms with Crippen LogP contribution in [0.1, 0.15) is 6.42 Å². The van der Waals surface area contributed by atoms with E-state index in [1.807, 2.05) is 0 Å². The van der Waals surface area contributed by atoms with E-state index in [0.717, 1.165) is 4.90 Å². The summed E-state index contributed by atoms with van der Waals surface area (Å²) in [7, 11) is 0. The molecule has 0 bridgehead atoms. The Morgan fingerprint density at radius 1 is 1.31 bits per heavy atom. The maximum absolute atomic E-state index is 11.3. The summed E-state index contributed by atoms with van der Waals surface area (Å²) >= 11 is 4.07. The first-order chi connectivity index (χ1) is 7.49. The third-order valence-electron chi connectivity index (χ3n) is 1.70. The second-order valence-corrected chi connectivity index (χ2v) is 3.57. The zero-order valence-electron chi connectivity index (χ0n) is 8.34. The highest BCUT2D eigenvalue weighted by Crippen LogP contribution is 2.15. The molecule has 1 rings (SSSR count). The van der Waals surface area contributed by atoms with Gasteiger partial charge in [0, 0.05) is 10.5 Å². The summed E-state index contributed by atoms with van der Waals surface area (Å²) in [6.45, 7) is 3.34. The molecule has 0 unspecified atom stereocenters. The minimum Gasteiger partial charge on any atom is -0.481 e. The van der Waals surface area contributed by atoms with Crippen LogP contribution < -0.4 is 4.74 Å². The first-order valence-electron chi connectivity index (χ1n) is 4.40. The standard InChI is InChI=1S/C11H10O4S/c1-7(6-10(12)13)11(14)15-8-2-4-9(16)5-3-8/h2-5,16H,1,6H2,(H,12,13). The van der Waals surface area contributed by atoms with Crippen molar-refractivity contribution < 1.29 is 19.4 Å². The Balaban J connectivity index is 2.61. The Hall–Kier alpha value is -1.75. The van der Waals surface area contributed by atoms with Gasteiger partial charge in [-0.1, -0.05) is 6.58 Å². The number of esters is 1. The van der Waals surface area contributed by atoms with E-state index in [2.05, 4.69) is 19.2 Å². The molecule has 16 heavy (non-hydrogen) atoms. The van der Waals surface area contributed by atoms with Crippen molar-refractivity contribution in [3.63, 3.8) is 0 Å². The SMILES string of the molecule is C=C(CC(=O)O)C(=O)Oc1ccc(S)cc1. The van der Waals surface area contributed by atoms with E-state index in [1.54, 1.807) is 24.3 Å². The molecule has 0 heterocycles. The average Bonchev–Trinajstić information content (AvgIpc) is 2.20. The number of carbonyl (C=O) groups excluding carboxylic acids is 1. The lowest BCUT2D eigenvalue weighted by Gasteiger charge is -2.04. The van der Waals surface area contributed by atoms with Gasteiger partial charge in [-0.2, -0.15) is 0 Å². The largest absolute Gasteiger partial charge is 0.481 e.